The second kappa shape index (κ2) is 8.92. The molecule has 0 saturated carbocycles. The van der Waals surface area contributed by atoms with Crippen molar-refractivity contribution in [3.63, 3.8) is 0 Å². The molecule has 7 nitrogen and oxygen atoms in total. The van der Waals surface area contributed by atoms with Gasteiger partial charge in [0.15, 0.2) is 6.10 Å². The van der Waals surface area contributed by atoms with Crippen molar-refractivity contribution in [1.82, 2.24) is 5.32 Å². The number of carbonyl (C=O) groups is 1. The quantitative estimate of drug-likeness (QED) is 0.749. The van der Waals surface area contributed by atoms with E-state index in [0.717, 1.165) is 17.6 Å². The summed E-state index contributed by atoms with van der Waals surface area (Å²) in [4.78, 5) is 12.7. The van der Waals surface area contributed by atoms with Crippen LogP contribution >= 0.6 is 11.6 Å². The summed E-state index contributed by atoms with van der Waals surface area (Å²) in [7, 11) is -3.54. The zero-order chi connectivity index (χ0) is 21.0. The van der Waals surface area contributed by atoms with Gasteiger partial charge in [0.2, 0.25) is 10.0 Å². The van der Waals surface area contributed by atoms with E-state index in [9.17, 15) is 13.2 Å². The number of amides is 1. The SMILES string of the molecule is CCOc1cccc(CNC(=O)[C@H]2CCN(S(C)(=O)=O)c3cc(Cl)ccc3O2)c1. The van der Waals surface area contributed by atoms with Gasteiger partial charge in [-0.05, 0) is 42.8 Å². The highest BCUT2D eigenvalue weighted by Crippen LogP contribution is 2.36. The van der Waals surface area contributed by atoms with E-state index in [1.165, 1.54) is 10.4 Å². The van der Waals surface area contributed by atoms with E-state index >= 15 is 0 Å². The largest absolute Gasteiger partial charge is 0.494 e. The monoisotopic (exact) mass is 438 g/mol. The number of hydrogen-bond acceptors (Lipinski definition) is 5. The average Bonchev–Trinajstić information content (AvgIpc) is 2.86. The summed E-state index contributed by atoms with van der Waals surface area (Å²) in [5.41, 5.74) is 1.22. The Morgan fingerprint density at radius 1 is 1.31 bits per heavy atom. The molecule has 0 aromatic heterocycles. The highest BCUT2D eigenvalue weighted by Gasteiger charge is 2.31. The van der Waals surface area contributed by atoms with Crippen LogP contribution in [0.15, 0.2) is 42.5 Å². The Kier molecular flexibility index (Phi) is 6.54. The molecule has 1 aliphatic rings. The molecular formula is C20H23ClN2O5S. The van der Waals surface area contributed by atoms with Crippen LogP contribution in [0.3, 0.4) is 0 Å². The molecule has 0 spiro atoms. The minimum absolute atomic E-state index is 0.115. The molecule has 1 heterocycles. The van der Waals surface area contributed by atoms with Crippen LogP contribution in [0, 0.1) is 0 Å². The fourth-order valence-electron chi connectivity index (χ4n) is 3.10. The van der Waals surface area contributed by atoms with Crippen molar-refractivity contribution in [3.05, 3.63) is 53.1 Å². The van der Waals surface area contributed by atoms with Crippen LogP contribution in [0.1, 0.15) is 18.9 Å². The maximum atomic E-state index is 12.7. The molecular weight excluding hydrogens is 416 g/mol. The number of nitrogens with zero attached hydrogens (tertiary/aromatic N) is 1. The molecule has 1 amide bonds. The fourth-order valence-corrected chi connectivity index (χ4v) is 4.20. The zero-order valence-electron chi connectivity index (χ0n) is 16.2. The Morgan fingerprint density at radius 3 is 2.83 bits per heavy atom. The van der Waals surface area contributed by atoms with Gasteiger partial charge in [0.1, 0.15) is 11.5 Å². The molecule has 1 atom stereocenters. The number of fused-ring (bicyclic) bond motifs is 1. The second-order valence-corrected chi connectivity index (χ2v) is 8.98. The van der Waals surface area contributed by atoms with Crippen molar-refractivity contribution >= 4 is 33.2 Å². The number of nitrogens with one attached hydrogen (secondary N) is 1. The molecule has 0 bridgehead atoms. The molecule has 0 unspecified atom stereocenters. The Hall–Kier alpha value is -2.45. The summed E-state index contributed by atoms with van der Waals surface area (Å²) in [5.74, 6) is 0.721. The number of halogens is 1. The highest BCUT2D eigenvalue weighted by atomic mass is 35.5. The Morgan fingerprint density at radius 2 is 2.10 bits per heavy atom. The van der Waals surface area contributed by atoms with E-state index in [2.05, 4.69) is 5.32 Å². The van der Waals surface area contributed by atoms with Crippen LogP contribution in [-0.2, 0) is 21.4 Å². The molecule has 0 fully saturated rings. The van der Waals surface area contributed by atoms with Crippen LogP contribution in [0.5, 0.6) is 11.5 Å². The third kappa shape index (κ3) is 5.33. The van der Waals surface area contributed by atoms with Crippen molar-refractivity contribution in [2.45, 2.75) is 26.0 Å². The van der Waals surface area contributed by atoms with E-state index in [-0.39, 0.29) is 18.9 Å². The third-order valence-electron chi connectivity index (χ3n) is 4.42. The van der Waals surface area contributed by atoms with Gasteiger partial charge < -0.3 is 14.8 Å². The summed E-state index contributed by atoms with van der Waals surface area (Å²) in [6, 6.07) is 12.2. The van der Waals surface area contributed by atoms with Crippen molar-refractivity contribution in [1.29, 1.82) is 0 Å². The van der Waals surface area contributed by atoms with Gasteiger partial charge in [-0.3, -0.25) is 9.10 Å². The van der Waals surface area contributed by atoms with E-state index in [1.807, 2.05) is 31.2 Å². The van der Waals surface area contributed by atoms with Crippen LogP contribution in [0.4, 0.5) is 5.69 Å². The highest BCUT2D eigenvalue weighted by molar-refractivity contribution is 7.92. The minimum atomic E-state index is -3.54. The normalized spacial score (nSPS) is 16.4. The summed E-state index contributed by atoms with van der Waals surface area (Å²) in [6.45, 7) is 2.89. The molecule has 0 aliphatic carbocycles. The van der Waals surface area contributed by atoms with Crippen molar-refractivity contribution in [3.8, 4) is 11.5 Å². The van der Waals surface area contributed by atoms with Crippen molar-refractivity contribution in [2.75, 3.05) is 23.7 Å². The zero-order valence-corrected chi connectivity index (χ0v) is 17.8. The van der Waals surface area contributed by atoms with Crippen LogP contribution < -0.4 is 19.1 Å². The molecule has 2 aromatic carbocycles. The lowest BCUT2D eigenvalue weighted by atomic mass is 10.2. The van der Waals surface area contributed by atoms with E-state index in [1.54, 1.807) is 12.1 Å². The molecule has 156 valence electrons. The van der Waals surface area contributed by atoms with Crippen molar-refractivity contribution < 1.29 is 22.7 Å². The van der Waals surface area contributed by atoms with Gasteiger partial charge in [-0.1, -0.05) is 23.7 Å². The number of sulfonamides is 1. The molecule has 0 saturated heterocycles. The van der Waals surface area contributed by atoms with Gasteiger partial charge in [-0.15, -0.1) is 0 Å². The smallest absolute Gasteiger partial charge is 0.261 e. The minimum Gasteiger partial charge on any atom is -0.494 e. The topological polar surface area (TPSA) is 84.9 Å². The summed E-state index contributed by atoms with van der Waals surface area (Å²) in [6.07, 6.45) is 0.505. The van der Waals surface area contributed by atoms with Crippen molar-refractivity contribution in [2.24, 2.45) is 0 Å². The Bertz CT molecular complexity index is 996. The first-order valence-corrected chi connectivity index (χ1v) is 11.4. The maximum Gasteiger partial charge on any atom is 0.261 e. The lowest BCUT2D eigenvalue weighted by molar-refractivity contribution is -0.128. The molecule has 3 rings (SSSR count). The molecule has 1 N–H and O–H groups in total. The molecule has 1 aliphatic heterocycles. The number of anilines is 1. The van der Waals surface area contributed by atoms with Gasteiger partial charge in [0.25, 0.3) is 5.91 Å². The number of carbonyl (C=O) groups excluding carboxylic acids is 1. The van der Waals surface area contributed by atoms with Gasteiger partial charge in [-0.25, -0.2) is 8.42 Å². The molecule has 9 heteroatoms. The second-order valence-electron chi connectivity index (χ2n) is 6.64. The van der Waals surface area contributed by atoms with Gasteiger partial charge in [-0.2, -0.15) is 0 Å². The maximum absolute atomic E-state index is 12.7. The molecule has 2 aromatic rings. The fraction of sp³-hybridized carbons (Fsp3) is 0.350. The lowest BCUT2D eigenvalue weighted by Gasteiger charge is -2.21. The standard InChI is InChI=1S/C20H23ClN2O5S/c1-3-27-16-6-4-5-14(11-16)13-22-20(24)19-9-10-23(29(2,25)26)17-12-15(21)7-8-18(17)28-19/h4-8,11-12,19H,3,9-10,13H2,1-2H3,(H,22,24)/t19-/m1/s1. The number of hydrogen-bond donors (Lipinski definition) is 1. The molecule has 29 heavy (non-hydrogen) atoms. The first-order chi connectivity index (χ1) is 13.8. The Labute approximate surface area is 175 Å². The van der Waals surface area contributed by atoms with E-state index in [4.69, 9.17) is 21.1 Å². The predicted molar refractivity (Wildman–Crippen MR) is 112 cm³/mol. The van der Waals surface area contributed by atoms with Gasteiger partial charge in [0, 0.05) is 24.5 Å². The Balaban J connectivity index is 1.74. The van der Waals surface area contributed by atoms with Crippen LogP contribution in [-0.4, -0.2) is 39.8 Å². The van der Waals surface area contributed by atoms with Gasteiger partial charge >= 0.3 is 0 Å². The third-order valence-corrected chi connectivity index (χ3v) is 5.84. The number of ether oxygens (including phenoxy) is 2. The summed E-state index contributed by atoms with van der Waals surface area (Å²) >= 11 is 6.03. The lowest BCUT2D eigenvalue weighted by Crippen LogP contribution is -2.39. The summed E-state index contributed by atoms with van der Waals surface area (Å²) < 4.78 is 36.9. The van der Waals surface area contributed by atoms with Crippen LogP contribution in [0.2, 0.25) is 5.02 Å². The van der Waals surface area contributed by atoms with E-state index < -0.39 is 16.1 Å². The number of rotatable bonds is 6. The first kappa shape index (κ1) is 21.3. The predicted octanol–water partition coefficient (Wildman–Crippen LogP) is 2.97. The molecule has 0 radical (unpaired) electrons. The summed E-state index contributed by atoms with van der Waals surface area (Å²) in [5, 5.41) is 3.24. The van der Waals surface area contributed by atoms with Crippen LogP contribution in [0.25, 0.3) is 0 Å². The number of benzene rings is 2. The first-order valence-electron chi connectivity index (χ1n) is 9.21. The average molecular weight is 439 g/mol. The van der Waals surface area contributed by atoms with Gasteiger partial charge in [0.05, 0.1) is 18.6 Å². The van der Waals surface area contributed by atoms with E-state index in [0.29, 0.717) is 29.6 Å².